The maximum atomic E-state index is 2.43. The molecule has 1 aliphatic carbocycles. The summed E-state index contributed by atoms with van der Waals surface area (Å²) in [5.74, 6) is 0.977. The Morgan fingerprint density at radius 3 is 1.70 bits per heavy atom. The van der Waals surface area contributed by atoms with Gasteiger partial charge in [0.2, 0.25) is 0 Å². The minimum atomic E-state index is 0.622. The van der Waals surface area contributed by atoms with E-state index < -0.39 is 0 Å². The molecule has 0 nitrogen and oxygen atoms in total. The molecular formula is C10H20. The van der Waals surface area contributed by atoms with Gasteiger partial charge in [0.05, 0.1) is 0 Å². The molecule has 0 saturated heterocycles. The Morgan fingerprint density at radius 1 is 1.10 bits per heavy atom. The molecule has 0 bridgehead atoms. The normalized spacial score (nSPS) is 43.5. The molecule has 1 fully saturated rings. The van der Waals surface area contributed by atoms with Crippen LogP contribution in [-0.4, -0.2) is 0 Å². The molecule has 0 N–H and O–H groups in total. The van der Waals surface area contributed by atoms with Gasteiger partial charge in [0.15, 0.2) is 0 Å². The van der Waals surface area contributed by atoms with E-state index in [9.17, 15) is 0 Å². The molecule has 0 heterocycles. The highest BCUT2D eigenvalue weighted by Crippen LogP contribution is 2.71. The van der Waals surface area contributed by atoms with Gasteiger partial charge < -0.3 is 0 Å². The molecule has 2 atom stereocenters. The Bertz CT molecular complexity index is 135. The van der Waals surface area contributed by atoms with Gasteiger partial charge in [-0.2, -0.15) is 0 Å². The van der Waals surface area contributed by atoms with Gasteiger partial charge in [0, 0.05) is 0 Å². The van der Waals surface area contributed by atoms with Crippen LogP contribution in [0.15, 0.2) is 0 Å². The Balaban J connectivity index is 2.68. The lowest BCUT2D eigenvalue weighted by molar-refractivity contribution is 0.404. The van der Waals surface area contributed by atoms with E-state index in [2.05, 4.69) is 34.6 Å². The van der Waals surface area contributed by atoms with E-state index in [0.717, 1.165) is 5.92 Å². The van der Waals surface area contributed by atoms with E-state index in [-0.39, 0.29) is 0 Å². The van der Waals surface area contributed by atoms with Gasteiger partial charge in [-0.15, -0.1) is 0 Å². The zero-order chi connectivity index (χ0) is 7.99. The van der Waals surface area contributed by atoms with Gasteiger partial charge in [0.1, 0.15) is 0 Å². The van der Waals surface area contributed by atoms with Crippen molar-refractivity contribution in [2.75, 3.05) is 0 Å². The topological polar surface area (TPSA) is 0 Å². The first-order valence-corrected chi connectivity index (χ1v) is 4.50. The SMILES string of the molecule is CCC1C(C)(C)C1(C)CC. The van der Waals surface area contributed by atoms with E-state index in [1.807, 2.05) is 0 Å². The smallest absolute Gasteiger partial charge is 0.0241 e. The van der Waals surface area contributed by atoms with E-state index in [1.54, 1.807) is 0 Å². The predicted octanol–water partition coefficient (Wildman–Crippen LogP) is 3.47. The maximum Gasteiger partial charge on any atom is -0.0241 e. The Labute approximate surface area is 65.0 Å². The maximum absolute atomic E-state index is 2.43. The van der Waals surface area contributed by atoms with Crippen molar-refractivity contribution < 1.29 is 0 Å². The van der Waals surface area contributed by atoms with Crippen molar-refractivity contribution in [1.29, 1.82) is 0 Å². The average molecular weight is 140 g/mol. The second-order valence-electron chi connectivity index (χ2n) is 4.45. The van der Waals surface area contributed by atoms with Crippen LogP contribution in [0, 0.1) is 16.7 Å². The number of hydrogen-bond acceptors (Lipinski definition) is 0. The van der Waals surface area contributed by atoms with Gasteiger partial charge in [-0.3, -0.25) is 0 Å². The average Bonchev–Trinajstić information content (AvgIpc) is 2.29. The molecule has 0 heteroatoms. The highest BCUT2D eigenvalue weighted by Gasteiger charge is 2.64. The van der Waals surface area contributed by atoms with Crippen LogP contribution in [0.3, 0.4) is 0 Å². The number of rotatable bonds is 2. The molecule has 0 aromatic rings. The van der Waals surface area contributed by atoms with E-state index >= 15 is 0 Å². The summed E-state index contributed by atoms with van der Waals surface area (Å²) in [6, 6.07) is 0. The summed E-state index contributed by atoms with van der Waals surface area (Å²) in [5, 5.41) is 0. The van der Waals surface area contributed by atoms with Crippen LogP contribution in [0.4, 0.5) is 0 Å². The van der Waals surface area contributed by atoms with Crippen molar-refractivity contribution in [2.45, 2.75) is 47.5 Å². The number of hydrogen-bond donors (Lipinski definition) is 0. The first kappa shape index (κ1) is 8.10. The van der Waals surface area contributed by atoms with Crippen molar-refractivity contribution in [3.05, 3.63) is 0 Å². The van der Waals surface area contributed by atoms with Gasteiger partial charge >= 0.3 is 0 Å². The van der Waals surface area contributed by atoms with Crippen LogP contribution >= 0.6 is 0 Å². The minimum absolute atomic E-state index is 0.622. The molecule has 0 amide bonds. The quantitative estimate of drug-likeness (QED) is 0.551. The summed E-state index contributed by atoms with van der Waals surface area (Å²) in [6.45, 7) is 11.9. The summed E-state index contributed by atoms with van der Waals surface area (Å²) < 4.78 is 0. The predicted molar refractivity (Wildman–Crippen MR) is 46.0 cm³/mol. The lowest BCUT2D eigenvalue weighted by Crippen LogP contribution is -2.00. The lowest BCUT2D eigenvalue weighted by Gasteiger charge is -2.09. The van der Waals surface area contributed by atoms with E-state index in [0.29, 0.717) is 10.8 Å². The molecule has 60 valence electrons. The van der Waals surface area contributed by atoms with Crippen LogP contribution in [0.1, 0.15) is 47.5 Å². The summed E-state index contributed by atoms with van der Waals surface area (Å²) in [7, 11) is 0. The molecule has 0 spiro atoms. The first-order chi connectivity index (χ1) is 4.50. The van der Waals surface area contributed by atoms with Gasteiger partial charge in [0.25, 0.3) is 0 Å². The molecule has 0 radical (unpaired) electrons. The van der Waals surface area contributed by atoms with Gasteiger partial charge in [-0.05, 0) is 23.2 Å². The van der Waals surface area contributed by atoms with E-state index in [1.165, 1.54) is 12.8 Å². The van der Waals surface area contributed by atoms with Crippen molar-refractivity contribution in [1.82, 2.24) is 0 Å². The second kappa shape index (κ2) is 1.99. The molecule has 0 aliphatic heterocycles. The van der Waals surface area contributed by atoms with Crippen LogP contribution in [0.5, 0.6) is 0 Å². The zero-order valence-corrected chi connectivity index (χ0v) is 7.99. The monoisotopic (exact) mass is 140 g/mol. The fourth-order valence-electron chi connectivity index (χ4n) is 2.86. The van der Waals surface area contributed by atoms with Crippen LogP contribution in [0.25, 0.3) is 0 Å². The second-order valence-corrected chi connectivity index (χ2v) is 4.45. The van der Waals surface area contributed by atoms with Crippen molar-refractivity contribution >= 4 is 0 Å². The van der Waals surface area contributed by atoms with Crippen LogP contribution < -0.4 is 0 Å². The Hall–Kier alpha value is 0. The first-order valence-electron chi connectivity index (χ1n) is 4.50. The third-order valence-corrected chi connectivity index (χ3v) is 4.17. The molecule has 10 heavy (non-hydrogen) atoms. The molecule has 2 unspecified atom stereocenters. The van der Waals surface area contributed by atoms with Gasteiger partial charge in [-0.25, -0.2) is 0 Å². The lowest BCUT2D eigenvalue weighted by atomic mass is 9.96. The summed E-state index contributed by atoms with van der Waals surface area (Å²) >= 11 is 0. The third-order valence-electron chi connectivity index (χ3n) is 4.17. The molecule has 1 aliphatic rings. The van der Waals surface area contributed by atoms with Crippen LogP contribution in [0.2, 0.25) is 0 Å². The van der Waals surface area contributed by atoms with Crippen LogP contribution in [-0.2, 0) is 0 Å². The fourth-order valence-corrected chi connectivity index (χ4v) is 2.86. The molecule has 1 saturated carbocycles. The highest BCUT2D eigenvalue weighted by molar-refractivity contribution is 5.13. The Morgan fingerprint density at radius 2 is 1.60 bits per heavy atom. The highest BCUT2D eigenvalue weighted by atomic mass is 14.7. The largest absolute Gasteiger partial charge is 0.0651 e. The van der Waals surface area contributed by atoms with Crippen molar-refractivity contribution in [3.63, 3.8) is 0 Å². The molecule has 1 rings (SSSR count). The van der Waals surface area contributed by atoms with Crippen molar-refractivity contribution in [3.8, 4) is 0 Å². The third kappa shape index (κ3) is 0.681. The molecule has 0 aromatic heterocycles. The summed E-state index contributed by atoms with van der Waals surface area (Å²) in [4.78, 5) is 0. The summed E-state index contributed by atoms with van der Waals surface area (Å²) in [6.07, 6.45) is 2.70. The minimum Gasteiger partial charge on any atom is -0.0651 e. The van der Waals surface area contributed by atoms with E-state index in [4.69, 9.17) is 0 Å². The molecular weight excluding hydrogens is 120 g/mol. The fraction of sp³-hybridized carbons (Fsp3) is 1.00. The zero-order valence-electron chi connectivity index (χ0n) is 7.99. The van der Waals surface area contributed by atoms with Gasteiger partial charge in [-0.1, -0.05) is 41.0 Å². The summed E-state index contributed by atoms with van der Waals surface area (Å²) in [5.41, 5.74) is 1.28. The Kier molecular flexibility index (Phi) is 1.61. The standard InChI is InChI=1S/C10H20/c1-6-8-9(3,4)10(8,5)7-2/h8H,6-7H2,1-5H3. The molecule has 0 aromatic carbocycles. The van der Waals surface area contributed by atoms with Crippen molar-refractivity contribution in [2.24, 2.45) is 16.7 Å².